The van der Waals surface area contributed by atoms with E-state index in [0.29, 0.717) is 13.2 Å². The van der Waals surface area contributed by atoms with E-state index in [1.807, 2.05) is 37.3 Å². The molecule has 0 saturated heterocycles. The molecule has 0 spiro atoms. The van der Waals surface area contributed by atoms with E-state index in [-0.39, 0.29) is 16.4 Å². The third kappa shape index (κ3) is 5.36. The minimum Gasteiger partial charge on any atom is -0.417 e. The number of hydrogen-bond donors (Lipinski definition) is 0. The molecule has 3 atom stereocenters. The zero-order valence-electron chi connectivity index (χ0n) is 16.4. The molecular weight excluding hydrogens is 348 g/mol. The van der Waals surface area contributed by atoms with E-state index in [2.05, 4.69) is 39.9 Å². The normalized spacial score (nSPS) is 22.8. The van der Waals surface area contributed by atoms with Gasteiger partial charge in [-0.05, 0) is 43.6 Å². The Labute approximate surface area is 156 Å². The van der Waals surface area contributed by atoms with Gasteiger partial charge in [0.25, 0.3) is 0 Å². The summed E-state index contributed by atoms with van der Waals surface area (Å²) >= 11 is 0. The molecule has 0 fully saturated rings. The molecule has 1 aliphatic heterocycles. The highest BCUT2D eigenvalue weighted by Gasteiger charge is 2.37. The molecule has 3 nitrogen and oxygen atoms in total. The van der Waals surface area contributed by atoms with Gasteiger partial charge < -0.3 is 9.16 Å². The molecule has 0 aromatic heterocycles. The Bertz CT molecular complexity index is 617. The first-order chi connectivity index (χ1) is 11.6. The van der Waals surface area contributed by atoms with Crippen molar-refractivity contribution in [2.24, 2.45) is 0 Å². The Morgan fingerprint density at radius 1 is 1.24 bits per heavy atom. The fourth-order valence-electron chi connectivity index (χ4n) is 2.52. The minimum absolute atomic E-state index is 0.0584. The maximum absolute atomic E-state index is 13.0. The van der Waals surface area contributed by atoms with Gasteiger partial charge in [0.2, 0.25) is 0 Å². The lowest BCUT2D eigenvalue weighted by molar-refractivity contribution is 0.0525. The van der Waals surface area contributed by atoms with Gasteiger partial charge in [0, 0.05) is 11.5 Å². The molecule has 1 aromatic carbocycles. The lowest BCUT2D eigenvalue weighted by Crippen LogP contribution is -2.42. The number of aryl methyl sites for hydroxylation is 1. The summed E-state index contributed by atoms with van der Waals surface area (Å²) < 4.78 is 25.2. The molecule has 0 N–H and O–H groups in total. The van der Waals surface area contributed by atoms with Crippen molar-refractivity contribution in [1.82, 2.24) is 0 Å². The largest absolute Gasteiger partial charge is 0.417 e. The minimum atomic E-state index is -1.76. The molecule has 1 aromatic rings. The van der Waals surface area contributed by atoms with Crippen LogP contribution in [0.4, 0.5) is 0 Å². The highest BCUT2D eigenvalue weighted by Crippen LogP contribution is 2.36. The van der Waals surface area contributed by atoms with Gasteiger partial charge in [-0.2, -0.15) is 0 Å². The third-order valence-electron chi connectivity index (χ3n) is 5.27. The van der Waals surface area contributed by atoms with Crippen LogP contribution in [0.1, 0.15) is 32.8 Å². The van der Waals surface area contributed by atoms with E-state index in [9.17, 15) is 4.21 Å². The molecule has 140 valence electrons. The summed E-state index contributed by atoms with van der Waals surface area (Å²) in [5.41, 5.74) is 1.18. The Morgan fingerprint density at radius 2 is 1.88 bits per heavy atom. The van der Waals surface area contributed by atoms with Crippen molar-refractivity contribution in [3.63, 3.8) is 0 Å². The summed E-state index contributed by atoms with van der Waals surface area (Å²) in [5, 5.41) is 0.0873. The van der Waals surface area contributed by atoms with E-state index in [1.54, 1.807) is 0 Å². The van der Waals surface area contributed by atoms with E-state index in [4.69, 9.17) is 9.16 Å². The van der Waals surface area contributed by atoms with E-state index in [1.165, 1.54) is 5.56 Å². The van der Waals surface area contributed by atoms with Crippen LogP contribution in [0, 0.1) is 6.92 Å². The van der Waals surface area contributed by atoms with Crippen molar-refractivity contribution in [2.45, 2.75) is 68.5 Å². The van der Waals surface area contributed by atoms with Gasteiger partial charge in [0.15, 0.2) is 8.32 Å². The number of hydrogen-bond acceptors (Lipinski definition) is 3. The number of rotatable bonds is 6. The van der Waals surface area contributed by atoms with Gasteiger partial charge >= 0.3 is 0 Å². The van der Waals surface area contributed by atoms with Crippen molar-refractivity contribution in [2.75, 3.05) is 13.2 Å². The molecule has 1 heterocycles. The van der Waals surface area contributed by atoms with Crippen LogP contribution in [0.15, 0.2) is 41.3 Å². The van der Waals surface area contributed by atoms with Crippen LogP contribution in [0.3, 0.4) is 0 Å². The summed E-state index contributed by atoms with van der Waals surface area (Å²) in [6, 6.07) is 7.93. The second-order valence-corrected chi connectivity index (χ2v) is 14.7. The first-order valence-electron chi connectivity index (χ1n) is 9.01. The van der Waals surface area contributed by atoms with Crippen LogP contribution in [0.25, 0.3) is 0 Å². The van der Waals surface area contributed by atoms with Gasteiger partial charge in [0.1, 0.15) is 0 Å². The summed E-state index contributed by atoms with van der Waals surface area (Å²) in [7, 11) is -2.86. The molecular formula is C20H32O3SSi. The van der Waals surface area contributed by atoms with Gasteiger partial charge in [-0.1, -0.05) is 50.6 Å². The van der Waals surface area contributed by atoms with Crippen molar-refractivity contribution in [1.29, 1.82) is 0 Å². The predicted molar refractivity (Wildman–Crippen MR) is 108 cm³/mol. The van der Waals surface area contributed by atoms with Crippen molar-refractivity contribution >= 4 is 19.1 Å². The topological polar surface area (TPSA) is 35.5 Å². The average Bonchev–Trinajstić information content (AvgIpc) is 2.54. The first-order valence-corrected chi connectivity index (χ1v) is 13.1. The Kier molecular flexibility index (Phi) is 6.82. The highest BCUT2D eigenvalue weighted by molar-refractivity contribution is 7.86. The molecule has 0 bridgehead atoms. The number of ether oxygens (including phenoxy) is 1. The highest BCUT2D eigenvalue weighted by atomic mass is 32.2. The monoisotopic (exact) mass is 380 g/mol. The molecule has 0 unspecified atom stereocenters. The fraction of sp³-hybridized carbons (Fsp3) is 0.600. The second-order valence-electron chi connectivity index (χ2n) is 8.27. The lowest BCUT2D eigenvalue weighted by Gasteiger charge is -2.37. The lowest BCUT2D eigenvalue weighted by atomic mass is 10.1. The third-order valence-corrected chi connectivity index (χ3v) is 11.5. The predicted octanol–water partition coefficient (Wildman–Crippen LogP) is 4.84. The molecule has 1 aliphatic rings. The SMILES string of the molecule is Cc1ccc([S@](=O)[C@@H]2C=CCO[C@H]2CCO[Si](C)(C)C(C)(C)C)cc1. The molecule has 2 rings (SSSR count). The van der Waals surface area contributed by atoms with Crippen molar-refractivity contribution < 1.29 is 13.4 Å². The van der Waals surface area contributed by atoms with Crippen molar-refractivity contribution in [3.05, 3.63) is 42.0 Å². The number of benzene rings is 1. The second kappa shape index (κ2) is 8.29. The molecule has 5 heteroatoms. The summed E-state index contributed by atoms with van der Waals surface area (Å²) in [5.74, 6) is 0. The van der Waals surface area contributed by atoms with Crippen LogP contribution in [-0.2, 0) is 20.0 Å². The smallest absolute Gasteiger partial charge is 0.191 e. The summed E-state index contributed by atoms with van der Waals surface area (Å²) in [6.07, 6.45) is 4.74. The summed E-state index contributed by atoms with van der Waals surface area (Å²) in [4.78, 5) is 0.862. The zero-order chi connectivity index (χ0) is 18.7. The van der Waals surface area contributed by atoms with E-state index in [0.717, 1.165) is 11.3 Å². The Hall–Kier alpha value is -0.753. The van der Waals surface area contributed by atoms with Gasteiger partial charge in [-0.25, -0.2) is 0 Å². The van der Waals surface area contributed by atoms with Crippen LogP contribution in [-0.4, -0.2) is 37.1 Å². The first kappa shape index (κ1) is 20.6. The molecule has 25 heavy (non-hydrogen) atoms. The summed E-state index contributed by atoms with van der Waals surface area (Å²) in [6.45, 7) is 14.5. The maximum Gasteiger partial charge on any atom is 0.191 e. The van der Waals surface area contributed by atoms with Crippen LogP contribution in [0.2, 0.25) is 18.1 Å². The van der Waals surface area contributed by atoms with Gasteiger partial charge in [-0.3, -0.25) is 4.21 Å². The van der Waals surface area contributed by atoms with Crippen molar-refractivity contribution in [3.8, 4) is 0 Å². The van der Waals surface area contributed by atoms with E-state index >= 15 is 0 Å². The Balaban J connectivity index is 2.01. The molecule has 0 radical (unpaired) electrons. The fourth-order valence-corrected chi connectivity index (χ4v) is 5.04. The van der Waals surface area contributed by atoms with Gasteiger partial charge in [0.05, 0.1) is 28.8 Å². The van der Waals surface area contributed by atoms with Crippen LogP contribution >= 0.6 is 0 Å². The van der Waals surface area contributed by atoms with E-state index < -0.39 is 19.1 Å². The zero-order valence-corrected chi connectivity index (χ0v) is 18.2. The maximum atomic E-state index is 13.0. The van der Waals surface area contributed by atoms with Gasteiger partial charge in [-0.15, -0.1) is 0 Å². The molecule has 0 aliphatic carbocycles. The standard InChI is InChI=1S/C20H32O3SSi/c1-16-9-11-17(12-10-16)24(21)19-8-7-14-22-18(19)13-15-23-25(5,6)20(2,3)4/h7-12,18-19H,13-15H2,1-6H3/t18-,19+,24-/m0/s1. The Morgan fingerprint density at radius 3 is 2.48 bits per heavy atom. The quantitative estimate of drug-likeness (QED) is 0.523. The average molecular weight is 381 g/mol. The molecule has 0 amide bonds. The van der Waals surface area contributed by atoms with Crippen LogP contribution < -0.4 is 0 Å². The molecule has 0 saturated carbocycles. The van der Waals surface area contributed by atoms with Crippen LogP contribution in [0.5, 0.6) is 0 Å².